The van der Waals surface area contributed by atoms with E-state index in [2.05, 4.69) is 0 Å². The molecule has 7 nitrogen and oxygen atoms in total. The summed E-state index contributed by atoms with van der Waals surface area (Å²) in [5.74, 6) is 0.159. The molecule has 2 aromatic carbocycles. The lowest BCUT2D eigenvalue weighted by atomic mass is 9.90. The largest absolute Gasteiger partial charge is 0.493 e. The fourth-order valence-electron chi connectivity index (χ4n) is 3.57. The number of carbonyl (C=O) groups excluding carboxylic acids is 2. The summed E-state index contributed by atoms with van der Waals surface area (Å²) < 4.78 is 34.4. The molecule has 3 rings (SSSR count). The lowest BCUT2D eigenvalue weighted by molar-refractivity contribution is -0.144. The van der Waals surface area contributed by atoms with Crippen LogP contribution in [0.25, 0.3) is 0 Å². The van der Waals surface area contributed by atoms with Gasteiger partial charge in [0.05, 0.1) is 33.8 Å². The molecule has 0 saturated carbocycles. The molecule has 0 bridgehead atoms. The number of amides is 1. The van der Waals surface area contributed by atoms with Crippen molar-refractivity contribution in [1.29, 1.82) is 0 Å². The number of benzene rings is 2. The van der Waals surface area contributed by atoms with E-state index in [9.17, 15) is 14.0 Å². The van der Waals surface area contributed by atoms with Crippen LogP contribution in [0.4, 0.5) is 4.39 Å². The van der Waals surface area contributed by atoms with E-state index in [-0.39, 0.29) is 24.7 Å². The molecule has 1 aliphatic heterocycles. The molecular formula is C22H24FNO6. The van der Waals surface area contributed by atoms with Crippen LogP contribution < -0.4 is 14.2 Å². The Labute approximate surface area is 174 Å². The van der Waals surface area contributed by atoms with Gasteiger partial charge in [-0.05, 0) is 41.8 Å². The first-order valence-corrected chi connectivity index (χ1v) is 9.46. The zero-order chi connectivity index (χ0) is 21.7. The molecule has 1 amide bonds. The molecule has 0 N–H and O–H groups in total. The molecule has 30 heavy (non-hydrogen) atoms. The third-order valence-electron chi connectivity index (χ3n) is 5.07. The van der Waals surface area contributed by atoms with Crippen LogP contribution in [-0.2, 0) is 20.7 Å². The minimum Gasteiger partial charge on any atom is -0.493 e. The molecule has 0 radical (unpaired) electrons. The van der Waals surface area contributed by atoms with Crippen LogP contribution in [0.3, 0.4) is 0 Å². The van der Waals surface area contributed by atoms with Crippen LogP contribution in [0.5, 0.6) is 17.2 Å². The van der Waals surface area contributed by atoms with Crippen LogP contribution in [-0.4, -0.2) is 51.3 Å². The molecule has 0 saturated heterocycles. The maximum absolute atomic E-state index is 13.3. The molecule has 1 atom stereocenters. The number of hydrogen-bond donors (Lipinski definition) is 0. The predicted octanol–water partition coefficient (Wildman–Crippen LogP) is 2.91. The summed E-state index contributed by atoms with van der Waals surface area (Å²) in [4.78, 5) is 26.6. The number of carbonyl (C=O) groups is 2. The van der Waals surface area contributed by atoms with Gasteiger partial charge in [-0.3, -0.25) is 9.59 Å². The lowest BCUT2D eigenvalue weighted by Gasteiger charge is -2.37. The number of nitrogens with zero attached hydrogens (tertiary/aromatic N) is 1. The summed E-state index contributed by atoms with van der Waals surface area (Å²) in [6.45, 7) is 0.124. The maximum Gasteiger partial charge on any atom is 0.307 e. The Morgan fingerprint density at radius 2 is 1.83 bits per heavy atom. The van der Waals surface area contributed by atoms with Gasteiger partial charge in [0.25, 0.3) is 5.91 Å². The van der Waals surface area contributed by atoms with Gasteiger partial charge in [-0.25, -0.2) is 4.39 Å². The summed E-state index contributed by atoms with van der Waals surface area (Å²) >= 11 is 0. The van der Waals surface area contributed by atoms with Gasteiger partial charge in [-0.15, -0.1) is 0 Å². The summed E-state index contributed by atoms with van der Waals surface area (Å²) in [5, 5.41) is 0. The molecule has 2 aromatic rings. The van der Waals surface area contributed by atoms with E-state index in [0.717, 1.165) is 11.1 Å². The van der Waals surface area contributed by atoms with Gasteiger partial charge >= 0.3 is 5.97 Å². The summed E-state index contributed by atoms with van der Waals surface area (Å²) in [6.07, 6.45) is 0.573. The highest BCUT2D eigenvalue weighted by Gasteiger charge is 2.34. The predicted molar refractivity (Wildman–Crippen MR) is 106 cm³/mol. The normalized spacial score (nSPS) is 15.2. The highest BCUT2D eigenvalue weighted by Crippen LogP contribution is 2.39. The monoisotopic (exact) mass is 417 g/mol. The Kier molecular flexibility index (Phi) is 6.76. The van der Waals surface area contributed by atoms with Crippen molar-refractivity contribution in [3.63, 3.8) is 0 Å². The van der Waals surface area contributed by atoms with Gasteiger partial charge in [-0.2, -0.15) is 0 Å². The zero-order valence-corrected chi connectivity index (χ0v) is 17.1. The van der Waals surface area contributed by atoms with E-state index >= 15 is 0 Å². The second-order valence-corrected chi connectivity index (χ2v) is 6.79. The van der Waals surface area contributed by atoms with Gasteiger partial charge in [0, 0.05) is 12.6 Å². The van der Waals surface area contributed by atoms with E-state index in [1.807, 2.05) is 6.07 Å². The summed E-state index contributed by atoms with van der Waals surface area (Å²) in [6, 6.07) is 8.70. The molecule has 0 aliphatic carbocycles. The topological polar surface area (TPSA) is 74.3 Å². The SMILES string of the molecule is COC(=O)CC1c2cc(OC)c(OC)cc2CCN1C(=O)COc1cccc(F)c1. The van der Waals surface area contributed by atoms with E-state index in [1.54, 1.807) is 24.1 Å². The average molecular weight is 417 g/mol. The van der Waals surface area contributed by atoms with Crippen molar-refractivity contribution >= 4 is 11.9 Å². The fraction of sp³-hybridized carbons (Fsp3) is 0.364. The van der Waals surface area contributed by atoms with Crippen molar-refractivity contribution < 1.29 is 32.9 Å². The first-order valence-electron chi connectivity index (χ1n) is 9.46. The summed E-state index contributed by atoms with van der Waals surface area (Å²) in [5.41, 5.74) is 1.76. The third-order valence-corrected chi connectivity index (χ3v) is 5.07. The molecule has 8 heteroatoms. The second-order valence-electron chi connectivity index (χ2n) is 6.79. The molecule has 0 spiro atoms. The van der Waals surface area contributed by atoms with Gasteiger partial charge in [-0.1, -0.05) is 6.07 Å². The third kappa shape index (κ3) is 4.64. The second kappa shape index (κ2) is 9.47. The Hall–Kier alpha value is -3.29. The van der Waals surface area contributed by atoms with Crippen LogP contribution in [0.2, 0.25) is 0 Å². The van der Waals surface area contributed by atoms with E-state index in [4.69, 9.17) is 18.9 Å². The molecule has 1 unspecified atom stereocenters. The Morgan fingerprint density at radius 1 is 1.10 bits per heavy atom. The number of rotatable bonds is 7. The van der Waals surface area contributed by atoms with Crippen molar-refractivity contribution in [3.8, 4) is 17.2 Å². The Morgan fingerprint density at radius 3 is 2.50 bits per heavy atom. The van der Waals surface area contributed by atoms with Gasteiger partial charge < -0.3 is 23.8 Å². The van der Waals surface area contributed by atoms with Crippen LogP contribution >= 0.6 is 0 Å². The van der Waals surface area contributed by atoms with Gasteiger partial charge in [0.2, 0.25) is 0 Å². The maximum atomic E-state index is 13.3. The zero-order valence-electron chi connectivity index (χ0n) is 17.1. The van der Waals surface area contributed by atoms with Crippen molar-refractivity contribution in [2.75, 3.05) is 34.5 Å². The van der Waals surface area contributed by atoms with Crippen LogP contribution in [0.1, 0.15) is 23.6 Å². The fourth-order valence-corrected chi connectivity index (χ4v) is 3.57. The molecule has 1 aliphatic rings. The van der Waals surface area contributed by atoms with Crippen LogP contribution in [0.15, 0.2) is 36.4 Å². The Bertz CT molecular complexity index is 932. The van der Waals surface area contributed by atoms with Crippen molar-refractivity contribution in [2.24, 2.45) is 0 Å². The van der Waals surface area contributed by atoms with Crippen molar-refractivity contribution in [3.05, 3.63) is 53.3 Å². The highest BCUT2D eigenvalue weighted by molar-refractivity contribution is 5.80. The number of hydrogen-bond acceptors (Lipinski definition) is 6. The van der Waals surface area contributed by atoms with E-state index in [0.29, 0.717) is 24.5 Å². The average Bonchev–Trinajstić information content (AvgIpc) is 2.76. The number of halogens is 1. The van der Waals surface area contributed by atoms with E-state index in [1.165, 1.54) is 32.4 Å². The summed E-state index contributed by atoms with van der Waals surface area (Å²) in [7, 11) is 4.39. The van der Waals surface area contributed by atoms with Crippen molar-refractivity contribution in [1.82, 2.24) is 4.90 Å². The standard InChI is InChI=1S/C22H24FNO6/c1-27-19-9-14-7-8-24(21(25)13-30-16-6-4-5-15(23)10-16)18(12-22(26)29-3)17(14)11-20(19)28-2/h4-6,9-11,18H,7-8,12-13H2,1-3H3. The smallest absolute Gasteiger partial charge is 0.307 e. The minimum atomic E-state index is -0.537. The number of fused-ring (bicyclic) bond motifs is 1. The minimum absolute atomic E-state index is 0.00924. The van der Waals surface area contributed by atoms with Crippen LogP contribution in [0, 0.1) is 5.82 Å². The number of methoxy groups -OCH3 is 3. The molecule has 0 aromatic heterocycles. The van der Waals surface area contributed by atoms with E-state index < -0.39 is 17.8 Å². The first-order chi connectivity index (χ1) is 14.5. The molecule has 1 heterocycles. The Balaban J connectivity index is 1.86. The molecular weight excluding hydrogens is 393 g/mol. The lowest BCUT2D eigenvalue weighted by Crippen LogP contribution is -2.43. The number of ether oxygens (including phenoxy) is 4. The van der Waals surface area contributed by atoms with Gasteiger partial charge in [0.15, 0.2) is 18.1 Å². The first kappa shape index (κ1) is 21.4. The molecule has 160 valence electrons. The number of esters is 1. The van der Waals surface area contributed by atoms with Crippen molar-refractivity contribution in [2.45, 2.75) is 18.9 Å². The quantitative estimate of drug-likeness (QED) is 0.645. The highest BCUT2D eigenvalue weighted by atomic mass is 19.1. The molecule has 0 fully saturated rings. The van der Waals surface area contributed by atoms with Gasteiger partial charge in [0.1, 0.15) is 11.6 Å².